The fourth-order valence-corrected chi connectivity index (χ4v) is 2.38. The summed E-state index contributed by atoms with van der Waals surface area (Å²) < 4.78 is 0. The number of nitrogens with one attached hydrogen (secondary N) is 1. The second-order valence-electron chi connectivity index (χ2n) is 5.04. The van der Waals surface area contributed by atoms with Gasteiger partial charge in [-0.25, -0.2) is 0 Å². The van der Waals surface area contributed by atoms with E-state index in [1.54, 1.807) is 12.1 Å². The molecule has 1 aliphatic carbocycles. The fourth-order valence-electron chi connectivity index (χ4n) is 2.38. The van der Waals surface area contributed by atoms with Crippen LogP contribution < -0.4 is 10.8 Å². The molecule has 4 N–H and O–H groups in total. The molecule has 1 saturated carbocycles. The summed E-state index contributed by atoms with van der Waals surface area (Å²) in [5.41, 5.74) is 0.846. The highest BCUT2D eigenvalue weighted by Gasteiger charge is 2.23. The van der Waals surface area contributed by atoms with Crippen LogP contribution in [-0.2, 0) is 0 Å². The molecule has 2 rings (SSSR count). The van der Waals surface area contributed by atoms with E-state index in [4.69, 9.17) is 10.0 Å². The molecule has 0 bridgehead atoms. The van der Waals surface area contributed by atoms with E-state index in [1.165, 1.54) is 12.1 Å². The highest BCUT2D eigenvalue weighted by atomic mass is 16.4. The van der Waals surface area contributed by atoms with Gasteiger partial charge >= 0.3 is 7.12 Å². The Morgan fingerprint density at radius 2 is 1.95 bits per heavy atom. The van der Waals surface area contributed by atoms with Gasteiger partial charge in [0.15, 0.2) is 0 Å². The number of hydrogen-bond donors (Lipinski definition) is 4. The van der Waals surface area contributed by atoms with Crippen LogP contribution in [-0.4, -0.2) is 40.8 Å². The Labute approximate surface area is 112 Å². The monoisotopic (exact) mass is 263 g/mol. The smallest absolute Gasteiger partial charge is 0.423 e. The highest BCUT2D eigenvalue weighted by molar-refractivity contribution is 6.58. The number of hydrogen-bond acceptors (Lipinski definition) is 4. The first kappa shape index (κ1) is 14.1. The first-order valence-electron chi connectivity index (χ1n) is 6.48. The molecule has 1 aliphatic rings. The van der Waals surface area contributed by atoms with Crippen molar-refractivity contribution in [2.75, 3.05) is 6.54 Å². The summed E-state index contributed by atoms with van der Waals surface area (Å²) in [5.74, 6) is 0.165. The molecule has 1 amide bonds. The maximum atomic E-state index is 11.9. The SMILES string of the molecule is O=C(NCC1CCC(O)C1)c1ccc(B(O)O)cc1. The number of aliphatic hydroxyl groups is 1. The summed E-state index contributed by atoms with van der Waals surface area (Å²) in [6.45, 7) is 0.570. The van der Waals surface area contributed by atoms with Gasteiger partial charge in [-0.05, 0) is 42.8 Å². The minimum absolute atomic E-state index is 0.180. The normalized spacial score (nSPS) is 22.3. The number of carbonyl (C=O) groups excluding carboxylic acids is 1. The average Bonchev–Trinajstić information content (AvgIpc) is 2.82. The van der Waals surface area contributed by atoms with Gasteiger partial charge in [0.2, 0.25) is 0 Å². The lowest BCUT2D eigenvalue weighted by Gasteiger charge is -2.11. The number of benzene rings is 1. The minimum Gasteiger partial charge on any atom is -0.423 e. The predicted octanol–water partition coefficient (Wildman–Crippen LogP) is -0.743. The average molecular weight is 263 g/mol. The first-order valence-corrected chi connectivity index (χ1v) is 6.48. The van der Waals surface area contributed by atoms with Crippen molar-refractivity contribution in [3.05, 3.63) is 29.8 Å². The Hall–Kier alpha value is -1.37. The van der Waals surface area contributed by atoms with Crippen LogP contribution in [0.5, 0.6) is 0 Å². The van der Waals surface area contributed by atoms with Gasteiger partial charge in [0.05, 0.1) is 6.10 Å². The van der Waals surface area contributed by atoms with Gasteiger partial charge in [-0.3, -0.25) is 4.79 Å². The zero-order valence-electron chi connectivity index (χ0n) is 10.6. The molecule has 1 fully saturated rings. The molecule has 0 aromatic heterocycles. The van der Waals surface area contributed by atoms with Crippen molar-refractivity contribution in [2.45, 2.75) is 25.4 Å². The second kappa shape index (κ2) is 6.19. The first-order chi connectivity index (χ1) is 9.06. The van der Waals surface area contributed by atoms with Crippen LogP contribution in [0, 0.1) is 5.92 Å². The van der Waals surface area contributed by atoms with Crippen molar-refractivity contribution in [3.63, 3.8) is 0 Å². The van der Waals surface area contributed by atoms with Crippen LogP contribution in [0.4, 0.5) is 0 Å². The molecule has 2 unspecified atom stereocenters. The largest absolute Gasteiger partial charge is 0.488 e. The van der Waals surface area contributed by atoms with E-state index in [0.717, 1.165) is 19.3 Å². The number of carbonyl (C=O) groups is 1. The Bertz CT molecular complexity index is 435. The van der Waals surface area contributed by atoms with Crippen molar-refractivity contribution in [1.29, 1.82) is 0 Å². The summed E-state index contributed by atoms with van der Waals surface area (Å²) in [7, 11) is -1.52. The van der Waals surface area contributed by atoms with Gasteiger partial charge < -0.3 is 20.5 Å². The summed E-state index contributed by atoms with van der Waals surface area (Å²) in [5, 5.41) is 30.2. The molecule has 1 aromatic carbocycles. The van der Waals surface area contributed by atoms with Crippen LogP contribution in [0.3, 0.4) is 0 Å². The third-order valence-electron chi connectivity index (χ3n) is 3.54. The summed E-state index contributed by atoms with van der Waals surface area (Å²) in [6, 6.07) is 6.15. The van der Waals surface area contributed by atoms with E-state index in [1.807, 2.05) is 0 Å². The molecule has 0 saturated heterocycles. The van der Waals surface area contributed by atoms with Crippen molar-refractivity contribution in [1.82, 2.24) is 5.32 Å². The Morgan fingerprint density at radius 3 is 2.47 bits per heavy atom. The standard InChI is InChI=1S/C13H18BNO4/c16-12-6-1-9(7-12)8-15-13(17)10-2-4-11(5-3-10)14(18)19/h2-5,9,12,16,18-19H,1,6-8H2,(H,15,17). The van der Waals surface area contributed by atoms with Gasteiger partial charge in [0, 0.05) is 12.1 Å². The number of rotatable bonds is 4. The molecule has 19 heavy (non-hydrogen) atoms. The third kappa shape index (κ3) is 3.80. The molecule has 5 nitrogen and oxygen atoms in total. The lowest BCUT2D eigenvalue weighted by molar-refractivity contribution is 0.0945. The molecule has 2 atom stereocenters. The van der Waals surface area contributed by atoms with Crippen LogP contribution in [0.1, 0.15) is 29.6 Å². The fraction of sp³-hybridized carbons (Fsp3) is 0.462. The maximum Gasteiger partial charge on any atom is 0.488 e. The van der Waals surface area contributed by atoms with Crippen LogP contribution in [0.2, 0.25) is 0 Å². The quantitative estimate of drug-likeness (QED) is 0.538. The Morgan fingerprint density at radius 1 is 1.26 bits per heavy atom. The zero-order chi connectivity index (χ0) is 13.8. The maximum absolute atomic E-state index is 11.9. The van der Waals surface area contributed by atoms with Crippen molar-refractivity contribution in [2.24, 2.45) is 5.92 Å². The lowest BCUT2D eigenvalue weighted by atomic mass is 9.80. The number of amides is 1. The molecule has 102 valence electrons. The van der Waals surface area contributed by atoms with Crippen LogP contribution >= 0.6 is 0 Å². The molecule has 1 aromatic rings. The van der Waals surface area contributed by atoms with Gasteiger partial charge in [0.1, 0.15) is 0 Å². The van der Waals surface area contributed by atoms with Gasteiger partial charge in [0.25, 0.3) is 5.91 Å². The highest BCUT2D eigenvalue weighted by Crippen LogP contribution is 2.24. The lowest BCUT2D eigenvalue weighted by Crippen LogP contribution is -2.31. The summed E-state index contributed by atoms with van der Waals surface area (Å²) in [6.07, 6.45) is 2.27. The second-order valence-corrected chi connectivity index (χ2v) is 5.04. The van der Waals surface area contributed by atoms with E-state index in [-0.39, 0.29) is 12.0 Å². The van der Waals surface area contributed by atoms with Crippen LogP contribution in [0.25, 0.3) is 0 Å². The topological polar surface area (TPSA) is 89.8 Å². The molecule has 0 heterocycles. The van der Waals surface area contributed by atoms with E-state index in [0.29, 0.717) is 23.5 Å². The van der Waals surface area contributed by atoms with Crippen molar-refractivity contribution < 1.29 is 19.9 Å². The molecule has 0 aliphatic heterocycles. The molecular formula is C13H18BNO4. The Balaban J connectivity index is 1.85. The van der Waals surface area contributed by atoms with E-state index in [9.17, 15) is 9.90 Å². The predicted molar refractivity (Wildman–Crippen MR) is 71.9 cm³/mol. The van der Waals surface area contributed by atoms with Crippen molar-refractivity contribution >= 4 is 18.5 Å². The number of aliphatic hydroxyl groups excluding tert-OH is 1. The van der Waals surface area contributed by atoms with E-state index in [2.05, 4.69) is 5.32 Å². The van der Waals surface area contributed by atoms with Crippen LogP contribution in [0.15, 0.2) is 24.3 Å². The molecular weight excluding hydrogens is 245 g/mol. The van der Waals surface area contributed by atoms with Gasteiger partial charge in [-0.1, -0.05) is 12.1 Å². The van der Waals surface area contributed by atoms with Gasteiger partial charge in [-0.15, -0.1) is 0 Å². The van der Waals surface area contributed by atoms with Crippen molar-refractivity contribution in [3.8, 4) is 0 Å². The summed E-state index contributed by atoms with van der Waals surface area (Å²) in [4.78, 5) is 11.9. The summed E-state index contributed by atoms with van der Waals surface area (Å²) >= 11 is 0. The molecule has 0 radical (unpaired) electrons. The van der Waals surface area contributed by atoms with E-state index < -0.39 is 7.12 Å². The van der Waals surface area contributed by atoms with E-state index >= 15 is 0 Å². The van der Waals surface area contributed by atoms with Gasteiger partial charge in [-0.2, -0.15) is 0 Å². The minimum atomic E-state index is -1.52. The molecule has 6 heteroatoms. The third-order valence-corrected chi connectivity index (χ3v) is 3.54. The molecule has 0 spiro atoms. The zero-order valence-corrected chi connectivity index (χ0v) is 10.6. The Kier molecular flexibility index (Phi) is 4.58.